The lowest BCUT2D eigenvalue weighted by molar-refractivity contribution is -0.384. The highest BCUT2D eigenvalue weighted by Gasteiger charge is 2.25. The molecule has 32 heavy (non-hydrogen) atoms. The number of hydrogen-bond acceptors (Lipinski definition) is 5. The Bertz CT molecular complexity index is 1540. The number of amides is 1. The maximum absolute atomic E-state index is 13.4. The van der Waals surface area contributed by atoms with Crippen molar-refractivity contribution in [1.82, 2.24) is 9.55 Å². The molecule has 0 saturated carbocycles. The predicted octanol–water partition coefficient (Wildman–Crippen LogP) is 4.10. The Balaban J connectivity index is 1.82. The molecule has 8 nitrogen and oxygen atoms in total. The fourth-order valence-corrected chi connectivity index (χ4v) is 3.82. The van der Waals surface area contributed by atoms with Gasteiger partial charge < -0.3 is 5.32 Å². The highest BCUT2D eigenvalue weighted by atomic mass is 16.6. The summed E-state index contributed by atoms with van der Waals surface area (Å²) < 4.78 is 1.30. The normalized spacial score (nSPS) is 13.9. The molecule has 8 heteroatoms. The second-order valence-corrected chi connectivity index (χ2v) is 7.47. The average molecular weight is 424 g/mol. The number of fused-ring (bicyclic) bond motifs is 2. The molecule has 0 aliphatic carbocycles. The summed E-state index contributed by atoms with van der Waals surface area (Å²) in [5.41, 5.74) is 2.95. The number of nitrogens with one attached hydrogen (secondary N) is 1. The number of anilines is 1. The van der Waals surface area contributed by atoms with Gasteiger partial charge in [0, 0.05) is 23.4 Å². The van der Waals surface area contributed by atoms with Crippen LogP contribution in [-0.2, 0) is 4.79 Å². The molecule has 2 heterocycles. The Morgan fingerprint density at radius 2 is 1.84 bits per heavy atom. The van der Waals surface area contributed by atoms with Crippen LogP contribution in [0.15, 0.2) is 71.5 Å². The van der Waals surface area contributed by atoms with Crippen molar-refractivity contribution in [2.75, 3.05) is 5.32 Å². The third kappa shape index (κ3) is 3.14. The van der Waals surface area contributed by atoms with Gasteiger partial charge in [-0.05, 0) is 43.3 Å². The first-order valence-corrected chi connectivity index (χ1v) is 9.83. The van der Waals surface area contributed by atoms with Gasteiger partial charge in [-0.1, -0.05) is 29.8 Å². The van der Waals surface area contributed by atoms with Crippen LogP contribution in [0.1, 0.15) is 17.0 Å². The standard InChI is InChI=1S/C24H16N4O4/c1-14-9-10-21-18(11-14)19(23(29)26-21)13-22-25-20-8-3-2-7-17(20)24(30)27(22)15-5-4-6-16(12-15)28(31)32/h2-13H,1H3,(H,26,29). The van der Waals surface area contributed by atoms with Crippen LogP contribution in [0.4, 0.5) is 11.4 Å². The highest BCUT2D eigenvalue weighted by Crippen LogP contribution is 2.34. The van der Waals surface area contributed by atoms with Crippen molar-refractivity contribution in [2.45, 2.75) is 6.92 Å². The van der Waals surface area contributed by atoms with E-state index < -0.39 is 4.92 Å². The number of carbonyl (C=O) groups is 1. The summed E-state index contributed by atoms with van der Waals surface area (Å²) in [6.07, 6.45) is 1.55. The molecule has 0 spiro atoms. The second-order valence-electron chi connectivity index (χ2n) is 7.47. The molecule has 0 unspecified atom stereocenters. The zero-order chi connectivity index (χ0) is 22.4. The number of nitro groups is 1. The van der Waals surface area contributed by atoms with Gasteiger partial charge in [-0.25, -0.2) is 4.98 Å². The Hall–Kier alpha value is -4.59. The van der Waals surface area contributed by atoms with Crippen LogP contribution in [0, 0.1) is 17.0 Å². The van der Waals surface area contributed by atoms with E-state index in [1.54, 1.807) is 36.4 Å². The van der Waals surface area contributed by atoms with Gasteiger partial charge in [-0.3, -0.25) is 24.3 Å². The maximum atomic E-state index is 13.4. The molecule has 156 valence electrons. The SMILES string of the molecule is Cc1ccc2c(c1)C(=Cc1nc3ccccc3c(=O)n1-c1cccc([N+](=O)[O-])c1)C(=O)N2. The minimum atomic E-state index is -0.523. The Morgan fingerprint density at radius 3 is 2.66 bits per heavy atom. The van der Waals surface area contributed by atoms with Gasteiger partial charge in [0.15, 0.2) is 0 Å². The van der Waals surface area contributed by atoms with Gasteiger partial charge in [-0.2, -0.15) is 0 Å². The Morgan fingerprint density at radius 1 is 1.03 bits per heavy atom. The molecule has 5 rings (SSSR count). The van der Waals surface area contributed by atoms with E-state index in [-0.39, 0.29) is 28.7 Å². The topological polar surface area (TPSA) is 107 Å². The first kappa shape index (κ1) is 19.4. The lowest BCUT2D eigenvalue weighted by Gasteiger charge is -2.12. The zero-order valence-electron chi connectivity index (χ0n) is 16.9. The number of nitrogens with zero attached hydrogens (tertiary/aromatic N) is 3. The number of benzene rings is 3. The Kier molecular flexibility index (Phi) is 4.41. The van der Waals surface area contributed by atoms with E-state index in [1.807, 2.05) is 25.1 Å². The summed E-state index contributed by atoms with van der Waals surface area (Å²) in [5, 5.41) is 14.5. The molecule has 0 atom stereocenters. The van der Waals surface area contributed by atoms with Crippen LogP contribution in [0.25, 0.3) is 28.2 Å². The fraction of sp³-hybridized carbons (Fsp3) is 0.0417. The molecule has 0 bridgehead atoms. The zero-order valence-corrected chi connectivity index (χ0v) is 16.9. The number of aryl methyl sites for hydroxylation is 1. The molecular formula is C24H16N4O4. The third-order valence-corrected chi connectivity index (χ3v) is 5.33. The molecule has 0 fully saturated rings. The molecule has 1 amide bonds. The van der Waals surface area contributed by atoms with E-state index in [2.05, 4.69) is 10.3 Å². The molecule has 0 radical (unpaired) electrons. The van der Waals surface area contributed by atoms with E-state index in [0.29, 0.717) is 27.7 Å². The van der Waals surface area contributed by atoms with Crippen molar-refractivity contribution in [3.8, 4) is 5.69 Å². The predicted molar refractivity (Wildman–Crippen MR) is 122 cm³/mol. The quantitative estimate of drug-likeness (QED) is 0.303. The number of rotatable bonds is 3. The van der Waals surface area contributed by atoms with Crippen molar-refractivity contribution in [2.24, 2.45) is 0 Å². The molecular weight excluding hydrogens is 408 g/mol. The summed E-state index contributed by atoms with van der Waals surface area (Å²) in [7, 11) is 0. The molecule has 1 aromatic heterocycles. The van der Waals surface area contributed by atoms with Crippen molar-refractivity contribution in [3.05, 3.63) is 104 Å². The number of para-hydroxylation sites is 1. The molecule has 1 N–H and O–H groups in total. The van der Waals surface area contributed by atoms with E-state index in [0.717, 1.165) is 5.56 Å². The molecule has 4 aromatic rings. The highest BCUT2D eigenvalue weighted by molar-refractivity contribution is 6.34. The third-order valence-electron chi connectivity index (χ3n) is 5.33. The number of aromatic nitrogens is 2. The van der Waals surface area contributed by atoms with Gasteiger partial charge in [0.05, 0.1) is 27.1 Å². The summed E-state index contributed by atoms with van der Waals surface area (Å²) in [4.78, 5) is 41.5. The van der Waals surface area contributed by atoms with Crippen LogP contribution in [0.5, 0.6) is 0 Å². The lowest BCUT2D eigenvalue weighted by Crippen LogP contribution is -2.22. The first-order chi connectivity index (χ1) is 15.4. The number of non-ortho nitro benzene ring substituents is 1. The van der Waals surface area contributed by atoms with Crippen LogP contribution in [0.3, 0.4) is 0 Å². The molecule has 0 saturated heterocycles. The lowest BCUT2D eigenvalue weighted by atomic mass is 10.0. The molecule has 1 aliphatic rings. The fourth-order valence-electron chi connectivity index (χ4n) is 3.82. The van der Waals surface area contributed by atoms with Crippen LogP contribution < -0.4 is 10.9 Å². The van der Waals surface area contributed by atoms with E-state index in [4.69, 9.17) is 0 Å². The monoisotopic (exact) mass is 424 g/mol. The molecule has 3 aromatic carbocycles. The van der Waals surface area contributed by atoms with Crippen molar-refractivity contribution >= 4 is 39.8 Å². The van der Waals surface area contributed by atoms with Gasteiger partial charge in [0.2, 0.25) is 0 Å². The van der Waals surface area contributed by atoms with E-state index >= 15 is 0 Å². The number of hydrogen-bond donors (Lipinski definition) is 1. The summed E-state index contributed by atoms with van der Waals surface area (Å²) in [6.45, 7) is 1.92. The smallest absolute Gasteiger partial charge is 0.271 e. The second kappa shape index (κ2) is 7.28. The minimum absolute atomic E-state index is 0.152. The van der Waals surface area contributed by atoms with Crippen molar-refractivity contribution in [1.29, 1.82) is 0 Å². The summed E-state index contributed by atoms with van der Waals surface area (Å²) >= 11 is 0. The van der Waals surface area contributed by atoms with Crippen molar-refractivity contribution in [3.63, 3.8) is 0 Å². The Labute approximate surface area is 181 Å². The molecule has 1 aliphatic heterocycles. The summed E-state index contributed by atoms with van der Waals surface area (Å²) in [6, 6.07) is 18.2. The summed E-state index contributed by atoms with van der Waals surface area (Å²) in [5.74, 6) is -0.104. The van der Waals surface area contributed by atoms with Gasteiger partial charge in [-0.15, -0.1) is 0 Å². The van der Waals surface area contributed by atoms with E-state index in [9.17, 15) is 19.7 Å². The number of nitro benzene ring substituents is 1. The first-order valence-electron chi connectivity index (χ1n) is 9.83. The van der Waals surface area contributed by atoms with Crippen LogP contribution in [0.2, 0.25) is 0 Å². The maximum Gasteiger partial charge on any atom is 0.271 e. The van der Waals surface area contributed by atoms with E-state index in [1.165, 1.54) is 22.8 Å². The van der Waals surface area contributed by atoms with Gasteiger partial charge >= 0.3 is 0 Å². The van der Waals surface area contributed by atoms with Crippen LogP contribution >= 0.6 is 0 Å². The van der Waals surface area contributed by atoms with Gasteiger partial charge in [0.25, 0.3) is 17.2 Å². The van der Waals surface area contributed by atoms with Gasteiger partial charge in [0.1, 0.15) is 5.82 Å². The van der Waals surface area contributed by atoms with Crippen LogP contribution in [-0.4, -0.2) is 20.4 Å². The largest absolute Gasteiger partial charge is 0.321 e. The van der Waals surface area contributed by atoms with Crippen molar-refractivity contribution < 1.29 is 9.72 Å². The average Bonchev–Trinajstić information content (AvgIpc) is 3.08. The minimum Gasteiger partial charge on any atom is -0.321 e. The number of carbonyl (C=O) groups excluding carboxylic acids is 1.